The molecule has 0 aromatic heterocycles. The van der Waals surface area contributed by atoms with Gasteiger partial charge in [-0.1, -0.05) is 25.5 Å². The Labute approximate surface area is 62.6 Å². The zero-order valence-electron chi connectivity index (χ0n) is 6.72. The molecule has 0 aromatic rings. The molecule has 0 spiro atoms. The fourth-order valence-electron chi connectivity index (χ4n) is 1.13. The van der Waals surface area contributed by atoms with Gasteiger partial charge in [0.25, 0.3) is 0 Å². The molecular weight excluding hydrogens is 122 g/mol. The first-order valence-electron chi connectivity index (χ1n) is 3.90. The topological polar surface area (TPSA) is 26.0 Å². The second-order valence-electron chi connectivity index (χ2n) is 2.91. The van der Waals surface area contributed by atoms with Gasteiger partial charge in [-0.25, -0.2) is 0 Å². The normalized spacial score (nSPS) is 25.6. The Bertz CT molecular complexity index is 177. The van der Waals surface area contributed by atoms with Gasteiger partial charge in [-0.3, -0.25) is 0 Å². The number of allylic oxidation sites excluding steroid dienone is 4. The minimum atomic E-state index is 0.551. The Hall–Kier alpha value is -0.720. The van der Waals surface area contributed by atoms with Crippen molar-refractivity contribution < 1.29 is 0 Å². The number of nitrogens with two attached hydrogens (primary N) is 1. The van der Waals surface area contributed by atoms with Crippen molar-refractivity contribution >= 4 is 0 Å². The van der Waals surface area contributed by atoms with Gasteiger partial charge in [-0.2, -0.15) is 0 Å². The summed E-state index contributed by atoms with van der Waals surface area (Å²) >= 11 is 0. The van der Waals surface area contributed by atoms with Crippen LogP contribution >= 0.6 is 0 Å². The molecule has 56 valence electrons. The van der Waals surface area contributed by atoms with E-state index in [4.69, 9.17) is 5.73 Å². The van der Waals surface area contributed by atoms with Gasteiger partial charge >= 0.3 is 0 Å². The van der Waals surface area contributed by atoms with Gasteiger partial charge in [-0.05, 0) is 24.8 Å². The van der Waals surface area contributed by atoms with Gasteiger partial charge in [0, 0.05) is 5.70 Å². The van der Waals surface area contributed by atoms with Crippen molar-refractivity contribution in [2.75, 3.05) is 0 Å². The summed E-state index contributed by atoms with van der Waals surface area (Å²) in [5.41, 5.74) is 8.19. The lowest BCUT2D eigenvalue weighted by molar-refractivity contribution is 0.669. The lowest BCUT2D eigenvalue weighted by Crippen LogP contribution is -2.11. The van der Waals surface area contributed by atoms with Crippen LogP contribution in [0.25, 0.3) is 0 Å². The van der Waals surface area contributed by atoms with Crippen LogP contribution < -0.4 is 5.73 Å². The van der Waals surface area contributed by atoms with Crippen molar-refractivity contribution in [3.8, 4) is 0 Å². The summed E-state index contributed by atoms with van der Waals surface area (Å²) in [7, 11) is 0. The van der Waals surface area contributed by atoms with Crippen LogP contribution in [0.4, 0.5) is 0 Å². The summed E-state index contributed by atoms with van der Waals surface area (Å²) in [5, 5.41) is 0. The Balaban J connectivity index is 2.69. The second-order valence-corrected chi connectivity index (χ2v) is 2.91. The lowest BCUT2D eigenvalue weighted by atomic mass is 9.94. The quantitative estimate of drug-likeness (QED) is 0.589. The highest BCUT2D eigenvalue weighted by molar-refractivity contribution is 5.27. The van der Waals surface area contributed by atoms with E-state index < -0.39 is 0 Å². The molecule has 1 heteroatoms. The van der Waals surface area contributed by atoms with E-state index in [1.165, 1.54) is 5.57 Å². The summed E-state index contributed by atoms with van der Waals surface area (Å²) in [4.78, 5) is 0. The van der Waals surface area contributed by atoms with Gasteiger partial charge in [-0.15, -0.1) is 0 Å². The maximum absolute atomic E-state index is 5.76. The van der Waals surface area contributed by atoms with E-state index in [1.807, 2.05) is 0 Å². The van der Waals surface area contributed by atoms with Crippen molar-refractivity contribution in [3.63, 3.8) is 0 Å². The Morgan fingerprint density at radius 1 is 1.70 bits per heavy atom. The Kier molecular flexibility index (Phi) is 2.15. The van der Waals surface area contributed by atoms with Crippen LogP contribution in [0, 0.1) is 5.92 Å². The lowest BCUT2D eigenvalue weighted by Gasteiger charge is -2.15. The fourth-order valence-corrected chi connectivity index (χ4v) is 1.13. The first kappa shape index (κ1) is 7.39. The van der Waals surface area contributed by atoms with Gasteiger partial charge in [0.1, 0.15) is 0 Å². The molecule has 10 heavy (non-hydrogen) atoms. The molecule has 1 atom stereocenters. The van der Waals surface area contributed by atoms with Crippen molar-refractivity contribution in [3.05, 3.63) is 23.4 Å². The van der Waals surface area contributed by atoms with Crippen LogP contribution in [0.2, 0.25) is 0 Å². The third kappa shape index (κ3) is 1.41. The first-order valence-corrected chi connectivity index (χ1v) is 3.90. The standard InChI is InChI=1S/C9H15N/c1-3-8-5-4-7(2)9(10)6-8/h5-7H,3-4,10H2,1-2H3. The average molecular weight is 137 g/mol. The minimum absolute atomic E-state index is 0.551. The largest absolute Gasteiger partial charge is 0.402 e. The molecule has 1 rings (SSSR count). The zero-order valence-corrected chi connectivity index (χ0v) is 6.72. The number of hydrogen-bond acceptors (Lipinski definition) is 1. The predicted octanol–water partition coefficient (Wildman–Crippen LogP) is 2.21. The molecular formula is C9H15N. The molecule has 0 radical (unpaired) electrons. The van der Waals surface area contributed by atoms with Gasteiger partial charge in [0.05, 0.1) is 0 Å². The summed E-state index contributed by atoms with van der Waals surface area (Å²) in [5.74, 6) is 0.551. The molecule has 0 saturated heterocycles. The van der Waals surface area contributed by atoms with Crippen molar-refractivity contribution in [2.24, 2.45) is 11.7 Å². The van der Waals surface area contributed by atoms with Gasteiger partial charge in [0.2, 0.25) is 0 Å². The summed E-state index contributed by atoms with van der Waals surface area (Å²) < 4.78 is 0. The molecule has 0 aromatic carbocycles. The predicted molar refractivity (Wildman–Crippen MR) is 44.4 cm³/mol. The maximum Gasteiger partial charge on any atom is 0.0115 e. The van der Waals surface area contributed by atoms with Crippen LogP contribution in [-0.4, -0.2) is 0 Å². The molecule has 1 aliphatic carbocycles. The van der Waals surface area contributed by atoms with Crippen molar-refractivity contribution in [2.45, 2.75) is 26.7 Å². The monoisotopic (exact) mass is 137 g/mol. The summed E-state index contributed by atoms with van der Waals surface area (Å²) in [6.07, 6.45) is 6.61. The van der Waals surface area contributed by atoms with Gasteiger partial charge in [0.15, 0.2) is 0 Å². The van der Waals surface area contributed by atoms with Crippen LogP contribution in [0.5, 0.6) is 0 Å². The molecule has 0 aliphatic heterocycles. The van der Waals surface area contributed by atoms with E-state index in [2.05, 4.69) is 26.0 Å². The molecule has 0 heterocycles. The third-order valence-electron chi connectivity index (χ3n) is 2.06. The number of hydrogen-bond donors (Lipinski definition) is 1. The molecule has 0 bridgehead atoms. The van der Waals surface area contributed by atoms with E-state index in [1.54, 1.807) is 0 Å². The SMILES string of the molecule is CCC1=CCC(C)C(N)=C1. The van der Waals surface area contributed by atoms with Crippen LogP contribution in [-0.2, 0) is 0 Å². The highest BCUT2D eigenvalue weighted by atomic mass is 14.6. The van der Waals surface area contributed by atoms with Crippen molar-refractivity contribution in [1.29, 1.82) is 0 Å². The molecule has 2 N–H and O–H groups in total. The second kappa shape index (κ2) is 2.91. The highest BCUT2D eigenvalue weighted by Crippen LogP contribution is 2.20. The third-order valence-corrected chi connectivity index (χ3v) is 2.06. The molecule has 1 nitrogen and oxygen atoms in total. The van der Waals surface area contributed by atoms with Crippen LogP contribution in [0.15, 0.2) is 23.4 Å². The highest BCUT2D eigenvalue weighted by Gasteiger charge is 2.08. The molecule has 0 saturated carbocycles. The molecule has 1 unspecified atom stereocenters. The fraction of sp³-hybridized carbons (Fsp3) is 0.556. The maximum atomic E-state index is 5.76. The average Bonchev–Trinajstić information content (AvgIpc) is 1.95. The number of rotatable bonds is 1. The minimum Gasteiger partial charge on any atom is -0.402 e. The van der Waals surface area contributed by atoms with E-state index >= 15 is 0 Å². The Morgan fingerprint density at radius 2 is 2.40 bits per heavy atom. The van der Waals surface area contributed by atoms with Crippen molar-refractivity contribution in [1.82, 2.24) is 0 Å². The van der Waals surface area contributed by atoms with E-state index in [9.17, 15) is 0 Å². The Morgan fingerprint density at radius 3 is 2.90 bits per heavy atom. The van der Waals surface area contributed by atoms with Crippen LogP contribution in [0.1, 0.15) is 26.7 Å². The van der Waals surface area contributed by atoms with E-state index in [0.29, 0.717) is 5.92 Å². The van der Waals surface area contributed by atoms with Gasteiger partial charge < -0.3 is 5.73 Å². The molecule has 0 fully saturated rings. The van der Waals surface area contributed by atoms with Crippen LogP contribution in [0.3, 0.4) is 0 Å². The van der Waals surface area contributed by atoms with E-state index in [0.717, 1.165) is 18.5 Å². The summed E-state index contributed by atoms with van der Waals surface area (Å²) in [6, 6.07) is 0. The van der Waals surface area contributed by atoms with E-state index in [-0.39, 0.29) is 0 Å². The first-order chi connectivity index (χ1) is 4.74. The molecule has 0 amide bonds. The zero-order chi connectivity index (χ0) is 7.56. The summed E-state index contributed by atoms with van der Waals surface area (Å²) in [6.45, 7) is 4.32. The molecule has 1 aliphatic rings. The smallest absolute Gasteiger partial charge is 0.0115 e.